The lowest BCUT2D eigenvalue weighted by atomic mass is 10.0. The van der Waals surface area contributed by atoms with Crippen LogP contribution in [0, 0.1) is 6.92 Å². The minimum Gasteiger partial charge on any atom is -0.480 e. The monoisotopic (exact) mass is 311 g/mol. The second kappa shape index (κ2) is 5.85. The molecule has 1 aliphatic rings. The topological polar surface area (TPSA) is 49.3 Å². The van der Waals surface area contributed by atoms with Gasteiger partial charge in [-0.05, 0) is 37.0 Å². The molecule has 1 fully saturated rings. The first kappa shape index (κ1) is 13.6. The van der Waals surface area contributed by atoms with Crippen molar-refractivity contribution in [3.63, 3.8) is 0 Å². The van der Waals surface area contributed by atoms with Gasteiger partial charge in [-0.1, -0.05) is 40.9 Å². The lowest BCUT2D eigenvalue weighted by Crippen LogP contribution is -2.35. The molecule has 1 atom stereocenters. The Hall–Kier alpha value is -0.870. The first-order valence-electron chi connectivity index (χ1n) is 6.33. The number of carboxylic acids is 1. The Morgan fingerprint density at radius 1 is 1.44 bits per heavy atom. The molecule has 0 spiro atoms. The number of benzene rings is 1. The third-order valence-electron chi connectivity index (χ3n) is 3.52. The molecule has 0 bridgehead atoms. The van der Waals surface area contributed by atoms with E-state index >= 15 is 0 Å². The fraction of sp³-hybridized carbons (Fsp3) is 0.500. The van der Waals surface area contributed by atoms with Gasteiger partial charge in [0, 0.05) is 10.5 Å². The van der Waals surface area contributed by atoms with Gasteiger partial charge in [-0.25, -0.2) is 0 Å². The Balaban J connectivity index is 2.17. The van der Waals surface area contributed by atoms with Crippen LogP contribution in [0.25, 0.3) is 0 Å². The highest BCUT2D eigenvalue weighted by atomic mass is 79.9. The number of carboxylic acid groups (broad SMARTS) is 1. The van der Waals surface area contributed by atoms with Gasteiger partial charge in [0.1, 0.15) is 6.04 Å². The second-order valence-electron chi connectivity index (χ2n) is 4.93. The molecule has 18 heavy (non-hydrogen) atoms. The molecule has 0 heterocycles. The van der Waals surface area contributed by atoms with Crippen LogP contribution >= 0.6 is 15.9 Å². The van der Waals surface area contributed by atoms with Gasteiger partial charge in [0.15, 0.2) is 0 Å². The molecule has 1 unspecified atom stereocenters. The van der Waals surface area contributed by atoms with Crippen LogP contribution < -0.4 is 5.32 Å². The normalized spacial score (nSPS) is 17.9. The number of aliphatic carboxylic acids is 1. The Labute approximate surface area is 116 Å². The van der Waals surface area contributed by atoms with Crippen molar-refractivity contribution in [2.75, 3.05) is 0 Å². The van der Waals surface area contributed by atoms with Gasteiger partial charge < -0.3 is 5.11 Å². The average molecular weight is 312 g/mol. The van der Waals surface area contributed by atoms with E-state index in [1.165, 1.54) is 12.8 Å². The highest BCUT2D eigenvalue weighted by Crippen LogP contribution is 2.25. The van der Waals surface area contributed by atoms with E-state index in [0.29, 0.717) is 6.04 Å². The highest BCUT2D eigenvalue weighted by Gasteiger charge is 2.25. The van der Waals surface area contributed by atoms with E-state index in [1.807, 2.05) is 25.1 Å². The van der Waals surface area contributed by atoms with E-state index < -0.39 is 12.0 Å². The summed E-state index contributed by atoms with van der Waals surface area (Å²) in [6.07, 6.45) is 4.56. The van der Waals surface area contributed by atoms with Crippen molar-refractivity contribution in [2.45, 2.75) is 44.7 Å². The Kier molecular flexibility index (Phi) is 4.40. The summed E-state index contributed by atoms with van der Waals surface area (Å²) in [5.74, 6) is -0.802. The van der Waals surface area contributed by atoms with E-state index in [2.05, 4.69) is 21.2 Å². The third-order valence-corrected chi connectivity index (χ3v) is 4.41. The predicted octanol–water partition coefficient (Wildman–Crippen LogP) is 3.42. The fourth-order valence-electron chi connectivity index (χ4n) is 2.49. The molecule has 1 aliphatic carbocycles. The van der Waals surface area contributed by atoms with E-state index in [0.717, 1.165) is 28.4 Å². The molecular weight excluding hydrogens is 294 g/mol. The molecule has 2 N–H and O–H groups in total. The van der Waals surface area contributed by atoms with Crippen molar-refractivity contribution in [1.82, 2.24) is 5.32 Å². The Bertz CT molecular complexity index is 441. The highest BCUT2D eigenvalue weighted by molar-refractivity contribution is 9.10. The van der Waals surface area contributed by atoms with Crippen molar-refractivity contribution >= 4 is 21.9 Å². The van der Waals surface area contributed by atoms with Gasteiger partial charge in [0.2, 0.25) is 0 Å². The standard InChI is InChI=1S/C14H18BrNO2/c1-9-8-10(6-7-12(9)15)13(14(17)18)16-11-4-2-3-5-11/h6-8,11,13,16H,2-5H2,1H3,(H,17,18). The number of hydrogen-bond acceptors (Lipinski definition) is 2. The zero-order valence-electron chi connectivity index (χ0n) is 10.4. The molecule has 98 valence electrons. The molecule has 1 aromatic rings. The number of rotatable bonds is 4. The van der Waals surface area contributed by atoms with E-state index in [-0.39, 0.29) is 0 Å². The van der Waals surface area contributed by atoms with Crippen molar-refractivity contribution in [3.8, 4) is 0 Å². The molecule has 1 aromatic carbocycles. The van der Waals surface area contributed by atoms with Gasteiger partial charge >= 0.3 is 5.97 Å². The van der Waals surface area contributed by atoms with Crippen LogP contribution in [-0.4, -0.2) is 17.1 Å². The lowest BCUT2D eigenvalue weighted by Gasteiger charge is -2.20. The SMILES string of the molecule is Cc1cc(C(NC2CCCC2)C(=O)O)ccc1Br. The summed E-state index contributed by atoms with van der Waals surface area (Å²) in [7, 11) is 0. The molecule has 0 saturated heterocycles. The minimum absolute atomic E-state index is 0.343. The van der Waals surface area contributed by atoms with Gasteiger partial charge in [0.05, 0.1) is 0 Å². The summed E-state index contributed by atoms with van der Waals surface area (Å²) < 4.78 is 1.01. The number of hydrogen-bond donors (Lipinski definition) is 2. The maximum absolute atomic E-state index is 11.4. The van der Waals surface area contributed by atoms with E-state index in [1.54, 1.807) is 0 Å². The van der Waals surface area contributed by atoms with Gasteiger partial charge in [0.25, 0.3) is 0 Å². The Morgan fingerprint density at radius 3 is 2.67 bits per heavy atom. The van der Waals surface area contributed by atoms with Crippen LogP contribution in [0.4, 0.5) is 0 Å². The van der Waals surface area contributed by atoms with Crippen LogP contribution in [0.3, 0.4) is 0 Å². The summed E-state index contributed by atoms with van der Waals surface area (Å²) in [6, 6.07) is 5.47. The fourth-order valence-corrected chi connectivity index (χ4v) is 2.73. The van der Waals surface area contributed by atoms with Crippen molar-refractivity contribution < 1.29 is 9.90 Å². The summed E-state index contributed by atoms with van der Waals surface area (Å²) >= 11 is 3.44. The van der Waals surface area contributed by atoms with Crippen molar-refractivity contribution in [2.24, 2.45) is 0 Å². The predicted molar refractivity (Wildman–Crippen MR) is 74.6 cm³/mol. The van der Waals surface area contributed by atoms with Crippen LogP contribution in [0.15, 0.2) is 22.7 Å². The molecule has 1 saturated carbocycles. The number of aryl methyl sites for hydroxylation is 1. The molecule has 0 radical (unpaired) electrons. The number of carbonyl (C=O) groups is 1. The van der Waals surface area contributed by atoms with Gasteiger partial charge in [-0.3, -0.25) is 10.1 Å². The summed E-state index contributed by atoms with van der Waals surface area (Å²) in [6.45, 7) is 1.97. The third kappa shape index (κ3) is 3.12. The molecular formula is C14H18BrNO2. The largest absolute Gasteiger partial charge is 0.480 e. The quantitative estimate of drug-likeness (QED) is 0.896. The molecule has 2 rings (SSSR count). The number of nitrogens with one attached hydrogen (secondary N) is 1. The van der Waals surface area contributed by atoms with E-state index in [9.17, 15) is 9.90 Å². The second-order valence-corrected chi connectivity index (χ2v) is 5.78. The summed E-state index contributed by atoms with van der Waals surface area (Å²) in [5, 5.41) is 12.6. The van der Waals surface area contributed by atoms with Crippen LogP contribution in [0.5, 0.6) is 0 Å². The molecule has 4 heteroatoms. The molecule has 0 aromatic heterocycles. The molecule has 0 aliphatic heterocycles. The van der Waals surface area contributed by atoms with Crippen molar-refractivity contribution in [1.29, 1.82) is 0 Å². The van der Waals surface area contributed by atoms with Gasteiger partial charge in [-0.2, -0.15) is 0 Å². The van der Waals surface area contributed by atoms with Crippen LogP contribution in [0.1, 0.15) is 42.9 Å². The first-order valence-corrected chi connectivity index (χ1v) is 7.12. The van der Waals surface area contributed by atoms with Crippen molar-refractivity contribution in [3.05, 3.63) is 33.8 Å². The minimum atomic E-state index is -0.802. The maximum atomic E-state index is 11.4. The average Bonchev–Trinajstić information content (AvgIpc) is 2.82. The molecule has 3 nitrogen and oxygen atoms in total. The number of halogens is 1. The Morgan fingerprint density at radius 2 is 2.11 bits per heavy atom. The smallest absolute Gasteiger partial charge is 0.325 e. The summed E-state index contributed by atoms with van der Waals surface area (Å²) in [5.41, 5.74) is 1.89. The molecule has 0 amide bonds. The van der Waals surface area contributed by atoms with E-state index in [4.69, 9.17) is 0 Å². The maximum Gasteiger partial charge on any atom is 0.325 e. The first-order chi connectivity index (χ1) is 8.58. The summed E-state index contributed by atoms with van der Waals surface area (Å²) in [4.78, 5) is 11.4. The lowest BCUT2D eigenvalue weighted by molar-refractivity contribution is -0.139. The van der Waals surface area contributed by atoms with Crippen LogP contribution in [-0.2, 0) is 4.79 Å². The zero-order chi connectivity index (χ0) is 13.1. The van der Waals surface area contributed by atoms with Gasteiger partial charge in [-0.15, -0.1) is 0 Å². The van der Waals surface area contributed by atoms with Crippen LogP contribution in [0.2, 0.25) is 0 Å². The zero-order valence-corrected chi connectivity index (χ0v) is 12.0.